The first-order valence-electron chi connectivity index (χ1n) is 6.88. The van der Waals surface area contributed by atoms with Crippen LogP contribution in [0.5, 0.6) is 0 Å². The van der Waals surface area contributed by atoms with Crippen molar-refractivity contribution in [3.8, 4) is 0 Å². The minimum absolute atomic E-state index is 0.0431. The normalized spacial score (nSPS) is 24.2. The Kier molecular flexibility index (Phi) is 3.56. The fraction of sp³-hybridized carbons (Fsp3) is 0.467. The van der Waals surface area contributed by atoms with Crippen LogP contribution in [0.3, 0.4) is 0 Å². The Labute approximate surface area is 122 Å². The number of nitrogens with zero attached hydrogens (tertiary/aromatic N) is 2. The molecule has 0 radical (unpaired) electrons. The van der Waals surface area contributed by atoms with Crippen LogP contribution in [-0.2, 0) is 4.79 Å². The number of likely N-dealkylation sites (tertiary alicyclic amines) is 1. The van der Waals surface area contributed by atoms with E-state index >= 15 is 0 Å². The molecular formula is C15H18N2O2S. The van der Waals surface area contributed by atoms with Gasteiger partial charge in [-0.25, -0.2) is 0 Å². The van der Waals surface area contributed by atoms with Gasteiger partial charge in [0.25, 0.3) is 0 Å². The summed E-state index contributed by atoms with van der Waals surface area (Å²) in [7, 11) is 0. The number of benzene rings is 1. The second-order valence-corrected chi connectivity index (χ2v) is 6.41. The Morgan fingerprint density at radius 1 is 1.45 bits per heavy atom. The minimum Gasteiger partial charge on any atom is -0.386 e. The summed E-state index contributed by atoms with van der Waals surface area (Å²) in [4.78, 5) is 18.6. The van der Waals surface area contributed by atoms with Gasteiger partial charge in [0.05, 0.1) is 23.7 Å². The molecule has 5 heteroatoms. The summed E-state index contributed by atoms with van der Waals surface area (Å²) in [5.41, 5.74) is 0.398. The van der Waals surface area contributed by atoms with Crippen LogP contribution in [-0.4, -0.2) is 51.4 Å². The number of β-amino-alcohol motifs (C(OH)–C–C–N with tert-alkyl or cyclic N) is 1. The first-order chi connectivity index (χ1) is 9.61. The molecule has 2 aliphatic heterocycles. The zero-order valence-corrected chi connectivity index (χ0v) is 12.3. The van der Waals surface area contributed by atoms with Gasteiger partial charge in [0.15, 0.2) is 0 Å². The summed E-state index contributed by atoms with van der Waals surface area (Å²) < 4.78 is 0. The van der Waals surface area contributed by atoms with Crippen LogP contribution in [0.1, 0.15) is 18.9 Å². The number of aliphatic imine (C=N–C) groups is 1. The standard InChI is InChI=1S/C15H18N2O2S/c1-2-15(19)9-17(10-15)14(18)12-8-20-13(16-12)11-6-4-3-5-7-11/h3-7,12,19H,2,8-10H2,1H3. The van der Waals surface area contributed by atoms with Crippen molar-refractivity contribution >= 4 is 22.7 Å². The summed E-state index contributed by atoms with van der Waals surface area (Å²) in [5.74, 6) is 0.742. The van der Waals surface area contributed by atoms with Crippen molar-refractivity contribution in [1.82, 2.24) is 4.90 Å². The van der Waals surface area contributed by atoms with Crippen LogP contribution in [0.2, 0.25) is 0 Å². The molecule has 4 nitrogen and oxygen atoms in total. The number of thioether (sulfide) groups is 1. The molecule has 1 saturated heterocycles. The van der Waals surface area contributed by atoms with Gasteiger partial charge in [-0.05, 0) is 6.42 Å². The average Bonchev–Trinajstić information content (AvgIpc) is 2.94. The molecule has 1 atom stereocenters. The smallest absolute Gasteiger partial charge is 0.248 e. The third-order valence-electron chi connectivity index (χ3n) is 3.90. The van der Waals surface area contributed by atoms with Crippen molar-refractivity contribution in [3.63, 3.8) is 0 Å². The molecule has 0 aliphatic carbocycles. The summed E-state index contributed by atoms with van der Waals surface area (Å²) in [5, 5.41) is 10.9. The van der Waals surface area contributed by atoms with Crippen molar-refractivity contribution in [2.24, 2.45) is 4.99 Å². The number of rotatable bonds is 3. The fourth-order valence-corrected chi connectivity index (χ4v) is 3.53. The zero-order valence-electron chi connectivity index (χ0n) is 11.5. The average molecular weight is 290 g/mol. The van der Waals surface area contributed by atoms with Gasteiger partial charge in [0.2, 0.25) is 5.91 Å². The molecule has 3 rings (SSSR count). The molecule has 1 aromatic carbocycles. The van der Waals surface area contributed by atoms with Crippen LogP contribution < -0.4 is 0 Å². The monoisotopic (exact) mass is 290 g/mol. The molecule has 0 spiro atoms. The molecule has 2 heterocycles. The Hall–Kier alpha value is -1.33. The lowest BCUT2D eigenvalue weighted by atomic mass is 9.91. The van der Waals surface area contributed by atoms with E-state index in [1.807, 2.05) is 37.3 Å². The molecule has 1 unspecified atom stereocenters. The second kappa shape index (κ2) is 5.22. The highest BCUT2D eigenvalue weighted by molar-refractivity contribution is 8.14. The molecule has 1 N–H and O–H groups in total. The van der Waals surface area contributed by atoms with Gasteiger partial charge in [-0.3, -0.25) is 9.79 Å². The molecule has 0 saturated carbocycles. The molecule has 1 aromatic rings. The molecule has 0 aromatic heterocycles. The summed E-state index contributed by atoms with van der Waals surface area (Å²) in [6.45, 7) is 2.83. The highest BCUT2D eigenvalue weighted by Gasteiger charge is 2.44. The Balaban J connectivity index is 1.65. The zero-order chi connectivity index (χ0) is 14.2. The van der Waals surface area contributed by atoms with Crippen molar-refractivity contribution in [1.29, 1.82) is 0 Å². The van der Waals surface area contributed by atoms with E-state index in [0.29, 0.717) is 25.3 Å². The predicted octanol–water partition coefficient (Wildman–Crippen LogP) is 1.53. The predicted molar refractivity (Wildman–Crippen MR) is 81.0 cm³/mol. The number of hydrogen-bond acceptors (Lipinski definition) is 4. The topological polar surface area (TPSA) is 52.9 Å². The van der Waals surface area contributed by atoms with Gasteiger partial charge < -0.3 is 10.0 Å². The third-order valence-corrected chi connectivity index (χ3v) is 4.99. The SMILES string of the molecule is CCC1(O)CN(C(=O)C2CSC(c3ccccc3)=N2)C1. The highest BCUT2D eigenvalue weighted by atomic mass is 32.2. The number of hydrogen-bond donors (Lipinski definition) is 1. The van der Waals surface area contributed by atoms with Crippen LogP contribution in [0.25, 0.3) is 0 Å². The Morgan fingerprint density at radius 2 is 2.15 bits per heavy atom. The van der Waals surface area contributed by atoms with E-state index in [0.717, 1.165) is 10.6 Å². The number of carbonyl (C=O) groups excluding carboxylic acids is 1. The summed E-state index contributed by atoms with van der Waals surface area (Å²) in [6.07, 6.45) is 0.689. The minimum atomic E-state index is -0.673. The van der Waals surface area contributed by atoms with Crippen LogP contribution in [0.15, 0.2) is 35.3 Å². The van der Waals surface area contributed by atoms with Gasteiger partial charge in [-0.2, -0.15) is 0 Å². The first-order valence-corrected chi connectivity index (χ1v) is 7.87. The van der Waals surface area contributed by atoms with E-state index < -0.39 is 5.60 Å². The van der Waals surface area contributed by atoms with E-state index in [-0.39, 0.29) is 11.9 Å². The third kappa shape index (κ3) is 2.47. The first kappa shape index (κ1) is 13.6. The van der Waals surface area contributed by atoms with Gasteiger partial charge in [-0.1, -0.05) is 37.3 Å². The maximum absolute atomic E-state index is 12.3. The molecule has 106 valence electrons. The van der Waals surface area contributed by atoms with Crippen molar-refractivity contribution < 1.29 is 9.90 Å². The van der Waals surface area contributed by atoms with E-state index in [9.17, 15) is 9.90 Å². The van der Waals surface area contributed by atoms with Gasteiger partial charge in [-0.15, -0.1) is 11.8 Å². The van der Waals surface area contributed by atoms with E-state index in [2.05, 4.69) is 4.99 Å². The molecule has 1 amide bonds. The second-order valence-electron chi connectivity index (χ2n) is 5.40. The van der Waals surface area contributed by atoms with Gasteiger partial charge in [0.1, 0.15) is 6.04 Å². The lowest BCUT2D eigenvalue weighted by Gasteiger charge is -2.46. The quantitative estimate of drug-likeness (QED) is 0.918. The largest absolute Gasteiger partial charge is 0.386 e. The maximum atomic E-state index is 12.3. The van der Waals surface area contributed by atoms with Crippen molar-refractivity contribution in [2.45, 2.75) is 25.0 Å². The number of carbonyl (C=O) groups is 1. The Bertz CT molecular complexity index is 538. The van der Waals surface area contributed by atoms with Gasteiger partial charge in [0, 0.05) is 11.3 Å². The maximum Gasteiger partial charge on any atom is 0.248 e. The lowest BCUT2D eigenvalue weighted by molar-refractivity contribution is -0.156. The highest BCUT2D eigenvalue weighted by Crippen LogP contribution is 2.29. The molecule has 2 aliphatic rings. The van der Waals surface area contributed by atoms with E-state index in [1.165, 1.54) is 0 Å². The van der Waals surface area contributed by atoms with Crippen molar-refractivity contribution in [3.05, 3.63) is 35.9 Å². The van der Waals surface area contributed by atoms with E-state index in [4.69, 9.17) is 0 Å². The van der Waals surface area contributed by atoms with Crippen LogP contribution >= 0.6 is 11.8 Å². The summed E-state index contributed by atoms with van der Waals surface area (Å²) in [6, 6.07) is 9.65. The molecule has 1 fully saturated rings. The van der Waals surface area contributed by atoms with Crippen LogP contribution in [0, 0.1) is 0 Å². The summed E-state index contributed by atoms with van der Waals surface area (Å²) >= 11 is 1.63. The number of aliphatic hydroxyl groups is 1. The fourth-order valence-electron chi connectivity index (χ4n) is 2.49. The number of amides is 1. The lowest BCUT2D eigenvalue weighted by Crippen LogP contribution is -2.64. The molecular weight excluding hydrogens is 272 g/mol. The van der Waals surface area contributed by atoms with Crippen LogP contribution in [0.4, 0.5) is 0 Å². The molecule has 20 heavy (non-hydrogen) atoms. The van der Waals surface area contributed by atoms with Gasteiger partial charge >= 0.3 is 0 Å². The molecule has 0 bridgehead atoms. The van der Waals surface area contributed by atoms with Crippen molar-refractivity contribution in [2.75, 3.05) is 18.8 Å². The Morgan fingerprint density at radius 3 is 2.80 bits per heavy atom. The van der Waals surface area contributed by atoms with E-state index in [1.54, 1.807) is 16.7 Å².